The highest BCUT2D eigenvalue weighted by atomic mass is 16.5. The molecule has 6 nitrogen and oxygen atoms in total. The van der Waals surface area contributed by atoms with E-state index in [0.717, 1.165) is 28.1 Å². The Morgan fingerprint density at radius 2 is 1.23 bits per heavy atom. The van der Waals surface area contributed by atoms with Gasteiger partial charge >= 0.3 is 0 Å². The topological polar surface area (TPSA) is 69.2 Å². The van der Waals surface area contributed by atoms with E-state index in [1.165, 1.54) is 0 Å². The van der Waals surface area contributed by atoms with Crippen molar-refractivity contribution in [2.45, 2.75) is 0 Å². The zero-order valence-corrected chi connectivity index (χ0v) is 19.8. The van der Waals surface area contributed by atoms with Crippen molar-refractivity contribution >= 4 is 23.2 Å². The van der Waals surface area contributed by atoms with E-state index in [4.69, 9.17) is 14.2 Å². The van der Waals surface area contributed by atoms with Gasteiger partial charge in [0, 0.05) is 5.69 Å². The van der Waals surface area contributed by atoms with Gasteiger partial charge in [0.25, 0.3) is 5.91 Å². The number of amides is 1. The number of anilines is 1. The molecule has 4 rings (SSSR count). The van der Waals surface area contributed by atoms with Crippen molar-refractivity contribution in [2.24, 2.45) is 4.99 Å². The van der Waals surface area contributed by atoms with Gasteiger partial charge in [0.1, 0.15) is 11.5 Å². The summed E-state index contributed by atoms with van der Waals surface area (Å²) in [7, 11) is 4.74. The Bertz CT molecular complexity index is 1340. The van der Waals surface area contributed by atoms with Crippen molar-refractivity contribution in [1.29, 1.82) is 0 Å². The molecule has 0 aliphatic rings. The molecule has 4 aromatic carbocycles. The second-order valence-corrected chi connectivity index (χ2v) is 7.61. The molecule has 0 saturated carbocycles. The summed E-state index contributed by atoms with van der Waals surface area (Å²) in [5.41, 5.74) is 4.45. The van der Waals surface area contributed by atoms with Gasteiger partial charge in [-0.3, -0.25) is 4.79 Å². The predicted octanol–water partition coefficient (Wildman–Crippen LogP) is 6.35. The molecule has 1 N–H and O–H groups in total. The van der Waals surface area contributed by atoms with Gasteiger partial charge in [-0.05, 0) is 59.7 Å². The average Bonchev–Trinajstić information content (AvgIpc) is 2.92. The molecule has 0 spiro atoms. The number of hydrogen-bond acceptors (Lipinski definition) is 5. The lowest BCUT2D eigenvalue weighted by molar-refractivity contribution is 0.102. The van der Waals surface area contributed by atoms with Crippen LogP contribution in [0, 0.1) is 0 Å². The zero-order chi connectivity index (χ0) is 24.6. The van der Waals surface area contributed by atoms with Crippen LogP contribution in [0.5, 0.6) is 11.5 Å². The van der Waals surface area contributed by atoms with Crippen molar-refractivity contribution in [3.63, 3.8) is 0 Å². The fourth-order valence-corrected chi connectivity index (χ4v) is 3.66. The first-order chi connectivity index (χ1) is 17.1. The molecule has 1 amide bonds. The lowest BCUT2D eigenvalue weighted by Gasteiger charge is -2.14. The highest BCUT2D eigenvalue weighted by Gasteiger charge is 2.16. The number of hydrogen-bond donors (Lipinski definition) is 1. The minimum atomic E-state index is -0.241. The molecule has 176 valence electrons. The van der Waals surface area contributed by atoms with Gasteiger partial charge in [-0.25, -0.2) is 4.99 Å². The van der Waals surface area contributed by atoms with Crippen LogP contribution in [-0.2, 0) is 4.74 Å². The van der Waals surface area contributed by atoms with Crippen LogP contribution in [0.3, 0.4) is 0 Å². The number of nitrogens with zero attached hydrogens (tertiary/aromatic N) is 1. The molecule has 4 aromatic rings. The summed E-state index contributed by atoms with van der Waals surface area (Å²) >= 11 is 0. The van der Waals surface area contributed by atoms with E-state index < -0.39 is 0 Å². The van der Waals surface area contributed by atoms with E-state index >= 15 is 0 Å². The number of nitrogens with one attached hydrogen (secondary N) is 1. The average molecular weight is 467 g/mol. The second-order valence-electron chi connectivity index (χ2n) is 7.61. The van der Waals surface area contributed by atoms with Crippen LogP contribution in [0.1, 0.15) is 15.9 Å². The highest BCUT2D eigenvalue weighted by molar-refractivity contribution is 6.06. The van der Waals surface area contributed by atoms with Crippen LogP contribution in [0.4, 0.5) is 11.4 Å². The summed E-state index contributed by atoms with van der Waals surface area (Å²) in [5, 5.41) is 2.89. The van der Waals surface area contributed by atoms with Crippen LogP contribution < -0.4 is 14.8 Å². The number of methoxy groups -OCH3 is 3. The number of rotatable bonds is 7. The maximum absolute atomic E-state index is 12.8. The fourth-order valence-electron chi connectivity index (χ4n) is 3.66. The first kappa shape index (κ1) is 23.6. The Hall–Kier alpha value is -4.58. The van der Waals surface area contributed by atoms with Gasteiger partial charge in [-0.15, -0.1) is 0 Å². The molecule has 0 bridgehead atoms. The van der Waals surface area contributed by atoms with Crippen LogP contribution in [0.2, 0.25) is 0 Å². The van der Waals surface area contributed by atoms with E-state index in [-0.39, 0.29) is 5.91 Å². The molecule has 0 aliphatic heterocycles. The third kappa shape index (κ3) is 5.50. The van der Waals surface area contributed by atoms with Gasteiger partial charge < -0.3 is 19.5 Å². The number of aliphatic imine (C=N–C) groups is 1. The predicted molar refractivity (Wildman–Crippen MR) is 139 cm³/mol. The molecule has 0 radical (unpaired) electrons. The fraction of sp³-hybridized carbons (Fsp3) is 0.103. The summed E-state index contributed by atoms with van der Waals surface area (Å²) in [6.07, 6.45) is 0. The second kappa shape index (κ2) is 11.0. The van der Waals surface area contributed by atoms with E-state index in [0.29, 0.717) is 23.0 Å². The minimum Gasteiger partial charge on any atom is -0.496 e. The summed E-state index contributed by atoms with van der Waals surface area (Å²) in [6, 6.07) is 30.1. The number of para-hydroxylation sites is 2. The highest BCUT2D eigenvalue weighted by Crippen LogP contribution is 2.32. The molecule has 0 aliphatic carbocycles. The number of carbonyl (C=O) groups excluding carboxylic acids is 1. The molecule has 6 heteroatoms. The number of benzene rings is 4. The Kier molecular flexibility index (Phi) is 7.43. The van der Waals surface area contributed by atoms with Crippen molar-refractivity contribution in [3.05, 3.63) is 108 Å². The maximum atomic E-state index is 12.8. The molecule has 0 aromatic heterocycles. The third-order valence-corrected chi connectivity index (χ3v) is 5.42. The summed E-state index contributed by atoms with van der Waals surface area (Å²) in [6.45, 7) is 0. The van der Waals surface area contributed by atoms with E-state index in [1.54, 1.807) is 27.4 Å². The molecule has 0 heterocycles. The smallest absolute Gasteiger partial charge is 0.259 e. The van der Waals surface area contributed by atoms with Gasteiger partial charge in [-0.2, -0.15) is 0 Å². The monoisotopic (exact) mass is 466 g/mol. The van der Waals surface area contributed by atoms with Crippen molar-refractivity contribution in [2.75, 3.05) is 26.6 Å². The molecule has 0 atom stereocenters. The maximum Gasteiger partial charge on any atom is 0.259 e. The van der Waals surface area contributed by atoms with Gasteiger partial charge in [0.15, 0.2) is 0 Å². The van der Waals surface area contributed by atoms with E-state index in [2.05, 4.69) is 10.3 Å². The first-order valence-corrected chi connectivity index (χ1v) is 11.0. The summed E-state index contributed by atoms with van der Waals surface area (Å²) in [4.78, 5) is 17.4. The number of ether oxygens (including phenoxy) is 3. The van der Waals surface area contributed by atoms with Crippen molar-refractivity contribution < 1.29 is 19.0 Å². The minimum absolute atomic E-state index is 0.241. The largest absolute Gasteiger partial charge is 0.496 e. The molecule has 0 unspecified atom stereocenters. The van der Waals surface area contributed by atoms with E-state index in [9.17, 15) is 4.79 Å². The van der Waals surface area contributed by atoms with Crippen molar-refractivity contribution in [1.82, 2.24) is 0 Å². The Morgan fingerprint density at radius 1 is 0.686 bits per heavy atom. The van der Waals surface area contributed by atoms with Gasteiger partial charge in [0.2, 0.25) is 5.90 Å². The van der Waals surface area contributed by atoms with E-state index in [1.807, 2.05) is 91.0 Å². The van der Waals surface area contributed by atoms with Crippen LogP contribution in [0.15, 0.2) is 102 Å². The van der Waals surface area contributed by atoms with Crippen molar-refractivity contribution in [3.8, 4) is 22.6 Å². The Balaban J connectivity index is 1.65. The molecular formula is C29H26N2O4. The Labute approximate surface area is 204 Å². The number of carbonyl (C=O) groups is 1. The standard InChI is InChI=1S/C29H26N2O4/c1-33-26-18-20(14-16-24(26)28(32)30-22-10-6-4-7-11-22)21-15-17-25(27(19-21)34-2)29(35-3)31-23-12-8-5-9-13-23/h4-19H,1-3H3,(H,30,32). The molecular weight excluding hydrogens is 440 g/mol. The quantitative estimate of drug-likeness (QED) is 0.255. The van der Waals surface area contributed by atoms with Gasteiger partial charge in [-0.1, -0.05) is 48.5 Å². The Morgan fingerprint density at radius 3 is 1.80 bits per heavy atom. The third-order valence-electron chi connectivity index (χ3n) is 5.42. The molecule has 0 saturated heterocycles. The zero-order valence-electron chi connectivity index (χ0n) is 19.8. The summed E-state index contributed by atoms with van der Waals surface area (Å²) in [5.74, 6) is 1.30. The first-order valence-electron chi connectivity index (χ1n) is 11.0. The normalized spacial score (nSPS) is 11.0. The lowest BCUT2D eigenvalue weighted by Crippen LogP contribution is -2.13. The van der Waals surface area contributed by atoms with Crippen LogP contribution in [-0.4, -0.2) is 33.1 Å². The van der Waals surface area contributed by atoms with Gasteiger partial charge in [0.05, 0.1) is 38.1 Å². The SMILES string of the molecule is COC(=Nc1ccccc1)c1ccc(-c2ccc(C(=O)Nc3ccccc3)c(OC)c2)cc1OC. The summed E-state index contributed by atoms with van der Waals surface area (Å²) < 4.78 is 16.8. The van der Waals surface area contributed by atoms with Crippen LogP contribution >= 0.6 is 0 Å². The molecule has 35 heavy (non-hydrogen) atoms. The lowest BCUT2D eigenvalue weighted by atomic mass is 10.0. The van der Waals surface area contributed by atoms with Crippen LogP contribution in [0.25, 0.3) is 11.1 Å². The molecule has 0 fully saturated rings.